The normalized spacial score (nSPS) is 24.2. The summed E-state index contributed by atoms with van der Waals surface area (Å²) in [7, 11) is 0. The van der Waals surface area contributed by atoms with E-state index in [1.165, 1.54) is 0 Å². The van der Waals surface area contributed by atoms with E-state index in [0.717, 1.165) is 35.8 Å². The van der Waals surface area contributed by atoms with Gasteiger partial charge in [-0.3, -0.25) is 14.5 Å². The number of benzene rings is 1. The Bertz CT molecular complexity index is 892. The van der Waals surface area contributed by atoms with Crippen molar-refractivity contribution in [3.05, 3.63) is 47.3 Å². The predicted octanol–water partition coefficient (Wildman–Crippen LogP) is 3.25. The molecule has 2 aromatic rings. The molecule has 0 unspecified atom stereocenters. The summed E-state index contributed by atoms with van der Waals surface area (Å²) in [6.07, 6.45) is 0.457. The van der Waals surface area contributed by atoms with E-state index in [1.54, 1.807) is 0 Å². The van der Waals surface area contributed by atoms with Crippen molar-refractivity contribution in [3.63, 3.8) is 0 Å². The second-order valence-corrected chi connectivity index (χ2v) is 9.46. The van der Waals surface area contributed by atoms with E-state index in [1.807, 2.05) is 35.6 Å². The summed E-state index contributed by atoms with van der Waals surface area (Å²) >= 11 is 0. The fraction of sp³-hybridized carbons (Fsp3) is 0.625. The van der Waals surface area contributed by atoms with E-state index < -0.39 is 11.5 Å². The Morgan fingerprint density at radius 3 is 2.38 bits per heavy atom. The highest BCUT2D eigenvalue weighted by atomic mass is 19.3. The van der Waals surface area contributed by atoms with Gasteiger partial charge in [0.15, 0.2) is 0 Å². The molecule has 8 heteroatoms. The van der Waals surface area contributed by atoms with Crippen LogP contribution in [0.1, 0.15) is 36.2 Å². The number of aliphatic hydroxyl groups is 1. The molecule has 4 rings (SSSR count). The number of halogens is 2. The molecule has 2 aliphatic rings. The molecule has 0 spiro atoms. The zero-order valence-electron chi connectivity index (χ0n) is 19.1. The van der Waals surface area contributed by atoms with E-state index in [-0.39, 0.29) is 12.8 Å². The number of piperidine rings is 1. The first-order valence-electron chi connectivity index (χ1n) is 11.5. The van der Waals surface area contributed by atoms with Crippen molar-refractivity contribution in [3.8, 4) is 5.75 Å². The molecule has 0 bridgehead atoms. The maximum atomic E-state index is 13.4. The van der Waals surface area contributed by atoms with Crippen molar-refractivity contribution in [1.29, 1.82) is 0 Å². The SMILES string of the molecule is Cc1cc(C)n(CCOc2ccc(CN3CC[C@](O)(CN4CCC(F)(F)CC4)C3)cc2)n1. The average Bonchev–Trinajstić information content (AvgIpc) is 3.26. The number of nitrogens with zero attached hydrogens (tertiary/aromatic N) is 4. The van der Waals surface area contributed by atoms with E-state index in [2.05, 4.69) is 28.2 Å². The number of likely N-dealkylation sites (tertiary alicyclic amines) is 2. The second kappa shape index (κ2) is 9.45. The van der Waals surface area contributed by atoms with Crippen molar-refractivity contribution >= 4 is 0 Å². The molecule has 32 heavy (non-hydrogen) atoms. The number of alkyl halides is 2. The number of hydrogen-bond acceptors (Lipinski definition) is 5. The second-order valence-electron chi connectivity index (χ2n) is 9.46. The van der Waals surface area contributed by atoms with Crippen molar-refractivity contribution in [1.82, 2.24) is 19.6 Å². The fourth-order valence-corrected chi connectivity index (χ4v) is 4.76. The molecule has 1 N–H and O–H groups in total. The number of ether oxygens (including phenoxy) is 1. The van der Waals surface area contributed by atoms with Gasteiger partial charge < -0.3 is 9.84 Å². The third-order valence-electron chi connectivity index (χ3n) is 6.52. The van der Waals surface area contributed by atoms with Crippen LogP contribution in [-0.4, -0.2) is 75.5 Å². The lowest BCUT2D eigenvalue weighted by Crippen LogP contribution is -2.49. The zero-order valence-corrected chi connectivity index (χ0v) is 19.1. The molecule has 0 saturated carbocycles. The minimum absolute atomic E-state index is 0.109. The lowest BCUT2D eigenvalue weighted by Gasteiger charge is -2.36. The van der Waals surface area contributed by atoms with Gasteiger partial charge in [0.1, 0.15) is 12.4 Å². The van der Waals surface area contributed by atoms with Crippen molar-refractivity contribution < 1.29 is 18.6 Å². The van der Waals surface area contributed by atoms with Crippen molar-refractivity contribution in [2.75, 3.05) is 39.3 Å². The quantitative estimate of drug-likeness (QED) is 0.672. The first-order chi connectivity index (χ1) is 15.2. The van der Waals surface area contributed by atoms with Crippen LogP contribution in [0, 0.1) is 13.8 Å². The van der Waals surface area contributed by atoms with Gasteiger partial charge in [-0.25, -0.2) is 8.78 Å². The summed E-state index contributed by atoms with van der Waals surface area (Å²) in [5, 5.41) is 15.4. The molecule has 1 aromatic heterocycles. The molecule has 176 valence electrons. The predicted molar refractivity (Wildman–Crippen MR) is 119 cm³/mol. The van der Waals surface area contributed by atoms with Gasteiger partial charge in [0, 0.05) is 57.8 Å². The van der Waals surface area contributed by atoms with E-state index in [4.69, 9.17) is 4.74 Å². The molecular weight excluding hydrogens is 414 g/mol. The van der Waals surface area contributed by atoms with Crippen LogP contribution >= 0.6 is 0 Å². The monoisotopic (exact) mass is 448 g/mol. The Labute approximate surface area is 188 Å². The summed E-state index contributed by atoms with van der Waals surface area (Å²) < 4.78 is 34.6. The summed E-state index contributed by atoms with van der Waals surface area (Å²) in [5.41, 5.74) is 2.49. The van der Waals surface area contributed by atoms with Crippen LogP contribution in [0.5, 0.6) is 5.75 Å². The van der Waals surface area contributed by atoms with Gasteiger partial charge >= 0.3 is 0 Å². The molecule has 0 radical (unpaired) electrons. The average molecular weight is 449 g/mol. The summed E-state index contributed by atoms with van der Waals surface area (Å²) in [4.78, 5) is 4.22. The van der Waals surface area contributed by atoms with E-state index in [9.17, 15) is 13.9 Å². The Morgan fingerprint density at radius 2 is 1.72 bits per heavy atom. The number of aryl methyl sites for hydroxylation is 2. The first-order valence-corrected chi connectivity index (χ1v) is 11.5. The Kier molecular flexibility index (Phi) is 6.83. The molecule has 1 aromatic carbocycles. The van der Waals surface area contributed by atoms with Crippen LogP contribution < -0.4 is 4.74 Å². The summed E-state index contributed by atoms with van der Waals surface area (Å²) in [5.74, 6) is -1.72. The molecule has 1 atom stereocenters. The van der Waals surface area contributed by atoms with Crippen molar-refractivity contribution in [2.45, 2.75) is 57.7 Å². The molecule has 0 aliphatic carbocycles. The number of hydrogen-bond donors (Lipinski definition) is 1. The topological polar surface area (TPSA) is 53.8 Å². The minimum Gasteiger partial charge on any atom is -0.492 e. The van der Waals surface area contributed by atoms with Crippen LogP contribution in [0.3, 0.4) is 0 Å². The molecular formula is C24H34F2N4O2. The Hall–Kier alpha value is -2.03. The standard InChI is InChI=1S/C24H34F2N4O2/c1-19-15-20(2)30(27-19)13-14-32-22-5-3-21(4-6-22)16-29-10-7-23(31,18-29)17-28-11-8-24(25,26)9-12-28/h3-6,15,31H,7-14,16-18H2,1-2H3/t23-/m0/s1. The number of aromatic nitrogens is 2. The van der Waals surface area contributed by atoms with Crippen LogP contribution in [0.15, 0.2) is 30.3 Å². The summed E-state index contributed by atoms with van der Waals surface area (Å²) in [6, 6.07) is 10.1. The lowest BCUT2D eigenvalue weighted by molar-refractivity contribution is -0.0724. The lowest BCUT2D eigenvalue weighted by atomic mass is 10.00. The molecule has 2 saturated heterocycles. The van der Waals surface area contributed by atoms with Crippen LogP contribution in [0.4, 0.5) is 8.78 Å². The highest BCUT2D eigenvalue weighted by Gasteiger charge is 2.40. The number of β-amino-alcohol motifs (C(OH)–C–C–N with tert-alkyl or cyclic N) is 1. The highest BCUT2D eigenvalue weighted by molar-refractivity contribution is 5.27. The van der Waals surface area contributed by atoms with Gasteiger partial charge in [-0.15, -0.1) is 0 Å². The smallest absolute Gasteiger partial charge is 0.250 e. The molecule has 0 amide bonds. The third-order valence-corrected chi connectivity index (χ3v) is 6.52. The summed E-state index contributed by atoms with van der Waals surface area (Å²) in [6.45, 7) is 8.62. The molecule has 2 fully saturated rings. The van der Waals surface area contributed by atoms with E-state index in [0.29, 0.717) is 45.8 Å². The molecule has 2 aliphatic heterocycles. The Balaban J connectivity index is 1.21. The molecule has 3 heterocycles. The largest absolute Gasteiger partial charge is 0.492 e. The van der Waals surface area contributed by atoms with E-state index >= 15 is 0 Å². The van der Waals surface area contributed by atoms with Gasteiger partial charge in [0.25, 0.3) is 5.92 Å². The van der Waals surface area contributed by atoms with Crippen LogP contribution in [0.2, 0.25) is 0 Å². The maximum Gasteiger partial charge on any atom is 0.250 e. The van der Waals surface area contributed by atoms with Crippen LogP contribution in [-0.2, 0) is 13.1 Å². The number of rotatable bonds is 8. The third kappa shape index (κ3) is 6.05. The zero-order chi connectivity index (χ0) is 22.8. The van der Waals surface area contributed by atoms with Gasteiger partial charge in [0.05, 0.1) is 17.8 Å². The van der Waals surface area contributed by atoms with Gasteiger partial charge in [-0.2, -0.15) is 5.10 Å². The maximum absolute atomic E-state index is 13.4. The highest BCUT2D eigenvalue weighted by Crippen LogP contribution is 2.30. The van der Waals surface area contributed by atoms with Gasteiger partial charge in [-0.05, 0) is 44.0 Å². The first kappa shape index (κ1) is 23.1. The van der Waals surface area contributed by atoms with Crippen molar-refractivity contribution in [2.24, 2.45) is 0 Å². The van der Waals surface area contributed by atoms with Crippen LogP contribution in [0.25, 0.3) is 0 Å². The van der Waals surface area contributed by atoms with Gasteiger partial charge in [-0.1, -0.05) is 12.1 Å². The van der Waals surface area contributed by atoms with Gasteiger partial charge in [0.2, 0.25) is 0 Å². The Morgan fingerprint density at radius 1 is 1.03 bits per heavy atom. The minimum atomic E-state index is -2.55. The molecule has 6 nitrogen and oxygen atoms in total. The fourth-order valence-electron chi connectivity index (χ4n) is 4.76.